The van der Waals surface area contributed by atoms with E-state index >= 15 is 0 Å². The molecule has 140 valence electrons. The van der Waals surface area contributed by atoms with Gasteiger partial charge in [0.05, 0.1) is 23.3 Å². The summed E-state index contributed by atoms with van der Waals surface area (Å²) in [6.07, 6.45) is 0.993. The van der Waals surface area contributed by atoms with Crippen LogP contribution >= 0.6 is 34.3 Å². The fourth-order valence-electron chi connectivity index (χ4n) is 3.76. The maximum Gasteiger partial charge on any atom is 0.238 e. The van der Waals surface area contributed by atoms with Crippen molar-refractivity contribution in [3.8, 4) is 0 Å². The standard InChI is InChI=1S/C21H21ClN2OS2/c1-13-10-14(2)20(16(22)11-13)23-19(25)12-24-7-5-17-15(6-9-27-17)21(24)18-4-3-8-26-18/h3-4,6,8-11,21H,5,7,12H2,1-2H3,(H,23,25)/t21-/m0/s1. The Morgan fingerprint density at radius 2 is 2.11 bits per heavy atom. The SMILES string of the molecule is Cc1cc(C)c(NC(=O)CN2CCc3sccc3[C@H]2c2cccs2)c(Cl)c1. The van der Waals surface area contributed by atoms with Gasteiger partial charge in [0.15, 0.2) is 0 Å². The Morgan fingerprint density at radius 3 is 2.85 bits per heavy atom. The number of hydrogen-bond acceptors (Lipinski definition) is 4. The first-order chi connectivity index (χ1) is 13.0. The van der Waals surface area contributed by atoms with Gasteiger partial charge in [-0.05, 0) is 65.9 Å². The Morgan fingerprint density at radius 1 is 1.26 bits per heavy atom. The highest BCUT2D eigenvalue weighted by molar-refractivity contribution is 7.10. The van der Waals surface area contributed by atoms with E-state index in [1.54, 1.807) is 11.3 Å². The number of rotatable bonds is 4. The highest BCUT2D eigenvalue weighted by Gasteiger charge is 2.31. The second kappa shape index (κ2) is 7.76. The normalized spacial score (nSPS) is 16.9. The van der Waals surface area contributed by atoms with Crippen LogP contribution in [-0.4, -0.2) is 23.9 Å². The third kappa shape index (κ3) is 3.83. The Hall–Kier alpha value is -1.66. The van der Waals surface area contributed by atoms with Gasteiger partial charge in [0.1, 0.15) is 0 Å². The molecule has 1 amide bonds. The summed E-state index contributed by atoms with van der Waals surface area (Å²) in [5.74, 6) is -0.0240. The van der Waals surface area contributed by atoms with Gasteiger partial charge in [-0.2, -0.15) is 0 Å². The number of nitrogens with one attached hydrogen (secondary N) is 1. The monoisotopic (exact) mass is 416 g/mol. The van der Waals surface area contributed by atoms with Crippen molar-refractivity contribution < 1.29 is 4.79 Å². The topological polar surface area (TPSA) is 32.3 Å². The zero-order valence-electron chi connectivity index (χ0n) is 15.3. The zero-order chi connectivity index (χ0) is 19.0. The van der Waals surface area contributed by atoms with Crippen molar-refractivity contribution in [2.24, 2.45) is 0 Å². The fraction of sp³-hybridized carbons (Fsp3) is 0.286. The number of anilines is 1. The molecule has 4 rings (SSSR count). The van der Waals surface area contributed by atoms with Crippen molar-refractivity contribution in [3.63, 3.8) is 0 Å². The summed E-state index contributed by atoms with van der Waals surface area (Å²) in [5.41, 5.74) is 4.13. The summed E-state index contributed by atoms with van der Waals surface area (Å²) < 4.78 is 0. The van der Waals surface area contributed by atoms with Gasteiger partial charge in [-0.15, -0.1) is 22.7 Å². The molecule has 6 heteroatoms. The second-order valence-electron chi connectivity index (χ2n) is 6.92. The zero-order valence-corrected chi connectivity index (χ0v) is 17.7. The molecule has 0 radical (unpaired) electrons. The average Bonchev–Trinajstić information content (AvgIpc) is 3.29. The summed E-state index contributed by atoms with van der Waals surface area (Å²) in [5, 5.41) is 7.88. The van der Waals surface area contributed by atoms with Crippen molar-refractivity contribution in [2.75, 3.05) is 18.4 Å². The van der Waals surface area contributed by atoms with E-state index in [1.807, 2.05) is 37.3 Å². The van der Waals surface area contributed by atoms with Crippen LogP contribution in [0.1, 0.15) is 32.5 Å². The molecule has 0 fully saturated rings. The molecule has 1 N–H and O–H groups in total. The molecular formula is C21H21ClN2OS2. The number of carbonyl (C=O) groups excluding carboxylic acids is 1. The number of halogens is 1. The van der Waals surface area contributed by atoms with Gasteiger partial charge in [-0.25, -0.2) is 0 Å². The number of aryl methyl sites for hydroxylation is 2. The summed E-state index contributed by atoms with van der Waals surface area (Å²) >= 11 is 9.92. The first-order valence-electron chi connectivity index (χ1n) is 8.93. The van der Waals surface area contributed by atoms with E-state index in [-0.39, 0.29) is 11.9 Å². The number of hydrogen-bond donors (Lipinski definition) is 1. The van der Waals surface area contributed by atoms with Gasteiger partial charge in [0, 0.05) is 16.3 Å². The lowest BCUT2D eigenvalue weighted by Gasteiger charge is -2.35. The molecule has 3 heterocycles. The number of fused-ring (bicyclic) bond motifs is 1. The molecule has 0 aliphatic carbocycles. The molecule has 3 nitrogen and oxygen atoms in total. The average molecular weight is 417 g/mol. The number of nitrogens with zero attached hydrogens (tertiary/aromatic N) is 1. The van der Waals surface area contributed by atoms with Gasteiger partial charge in [0.2, 0.25) is 5.91 Å². The first-order valence-corrected chi connectivity index (χ1v) is 11.1. The molecule has 0 spiro atoms. The molecule has 1 aliphatic heterocycles. The minimum Gasteiger partial charge on any atom is -0.323 e. The maximum atomic E-state index is 12.8. The van der Waals surface area contributed by atoms with Gasteiger partial charge in [0.25, 0.3) is 0 Å². The molecule has 0 saturated carbocycles. The van der Waals surface area contributed by atoms with Gasteiger partial charge < -0.3 is 5.32 Å². The minimum absolute atomic E-state index is 0.0240. The lowest BCUT2D eigenvalue weighted by atomic mass is 9.98. The molecule has 0 unspecified atom stereocenters. The third-order valence-electron chi connectivity index (χ3n) is 4.92. The molecule has 0 bridgehead atoms. The number of benzene rings is 1. The molecule has 27 heavy (non-hydrogen) atoms. The smallest absolute Gasteiger partial charge is 0.238 e. The Bertz CT molecular complexity index is 941. The molecule has 0 saturated heterocycles. The lowest BCUT2D eigenvalue weighted by molar-refractivity contribution is -0.117. The van der Waals surface area contributed by atoms with E-state index in [2.05, 4.69) is 39.2 Å². The molecule has 2 aromatic heterocycles. The molecule has 1 atom stereocenters. The van der Waals surface area contributed by atoms with Crippen molar-refractivity contribution in [1.82, 2.24) is 4.90 Å². The molecule has 3 aromatic rings. The summed E-state index contributed by atoms with van der Waals surface area (Å²) in [7, 11) is 0. The Kier molecular flexibility index (Phi) is 5.37. The highest BCUT2D eigenvalue weighted by atomic mass is 35.5. The van der Waals surface area contributed by atoms with E-state index in [9.17, 15) is 4.79 Å². The maximum absolute atomic E-state index is 12.8. The van der Waals surface area contributed by atoms with Crippen molar-refractivity contribution >= 4 is 45.9 Å². The first kappa shape index (κ1) is 18.7. The van der Waals surface area contributed by atoms with Crippen LogP contribution in [0.25, 0.3) is 0 Å². The quantitative estimate of drug-likeness (QED) is 0.594. The van der Waals surface area contributed by atoms with E-state index < -0.39 is 0 Å². The van der Waals surface area contributed by atoms with Crippen LogP contribution < -0.4 is 5.32 Å². The van der Waals surface area contributed by atoms with Crippen LogP contribution in [0, 0.1) is 13.8 Å². The summed E-state index contributed by atoms with van der Waals surface area (Å²) in [6, 6.07) is 10.5. The Balaban J connectivity index is 1.56. The van der Waals surface area contributed by atoms with Crippen molar-refractivity contribution in [1.29, 1.82) is 0 Å². The van der Waals surface area contributed by atoms with Crippen molar-refractivity contribution in [2.45, 2.75) is 26.3 Å². The van der Waals surface area contributed by atoms with Gasteiger partial charge in [-0.3, -0.25) is 9.69 Å². The van der Waals surface area contributed by atoms with Crippen molar-refractivity contribution in [3.05, 3.63) is 72.6 Å². The predicted octanol–water partition coefficient (Wildman–Crippen LogP) is 5.67. The highest BCUT2D eigenvalue weighted by Crippen LogP contribution is 2.39. The van der Waals surface area contributed by atoms with E-state index in [1.165, 1.54) is 15.3 Å². The van der Waals surface area contributed by atoms with Crippen LogP contribution in [0.5, 0.6) is 0 Å². The number of amides is 1. The third-order valence-corrected chi connectivity index (χ3v) is 7.14. The lowest BCUT2D eigenvalue weighted by Crippen LogP contribution is -2.40. The van der Waals surface area contributed by atoms with Gasteiger partial charge in [-0.1, -0.05) is 23.7 Å². The fourth-order valence-corrected chi connectivity index (χ4v) is 5.90. The summed E-state index contributed by atoms with van der Waals surface area (Å²) in [6.45, 7) is 5.20. The minimum atomic E-state index is -0.0240. The molecule has 1 aliphatic rings. The summed E-state index contributed by atoms with van der Waals surface area (Å²) in [4.78, 5) is 17.8. The number of carbonyl (C=O) groups is 1. The van der Waals surface area contributed by atoms with E-state index in [0.717, 1.165) is 24.1 Å². The van der Waals surface area contributed by atoms with Gasteiger partial charge >= 0.3 is 0 Å². The van der Waals surface area contributed by atoms with E-state index in [4.69, 9.17) is 11.6 Å². The largest absolute Gasteiger partial charge is 0.323 e. The van der Waals surface area contributed by atoms with E-state index in [0.29, 0.717) is 17.3 Å². The second-order valence-corrected chi connectivity index (χ2v) is 9.31. The van der Waals surface area contributed by atoms with Crippen LogP contribution in [-0.2, 0) is 11.2 Å². The van der Waals surface area contributed by atoms with Crippen LogP contribution in [0.15, 0.2) is 41.1 Å². The van der Waals surface area contributed by atoms with Crippen LogP contribution in [0.2, 0.25) is 5.02 Å². The van der Waals surface area contributed by atoms with Crippen LogP contribution in [0.3, 0.4) is 0 Å². The van der Waals surface area contributed by atoms with Crippen LogP contribution in [0.4, 0.5) is 5.69 Å². The number of thiophene rings is 2. The molecule has 1 aromatic carbocycles. The Labute approximate surface area is 172 Å². The predicted molar refractivity (Wildman–Crippen MR) is 115 cm³/mol. The molecular weight excluding hydrogens is 396 g/mol.